The van der Waals surface area contributed by atoms with Crippen molar-refractivity contribution in [1.29, 1.82) is 0 Å². The molecule has 2 aliphatic rings. The third-order valence-corrected chi connectivity index (χ3v) is 10.1. The summed E-state index contributed by atoms with van der Waals surface area (Å²) >= 11 is 0. The van der Waals surface area contributed by atoms with Crippen molar-refractivity contribution >= 4 is 23.1 Å². The van der Waals surface area contributed by atoms with Crippen LogP contribution >= 0.6 is 0 Å². The van der Waals surface area contributed by atoms with Crippen molar-refractivity contribution in [3.8, 4) is 11.5 Å². The number of phenols is 2. The largest absolute Gasteiger partial charge is 0.506 e. The lowest BCUT2D eigenvalue weighted by Gasteiger charge is -2.60. The van der Waals surface area contributed by atoms with Crippen molar-refractivity contribution in [1.82, 2.24) is 0 Å². The van der Waals surface area contributed by atoms with Gasteiger partial charge in [0.15, 0.2) is 28.8 Å². The highest BCUT2D eigenvalue weighted by atomic mass is 16.3. The molecular weight excluding hydrogens is 552 g/mol. The first kappa shape index (κ1) is 34.8. The Morgan fingerprint density at radius 3 is 2.09 bits per heavy atom. The molecule has 6 nitrogen and oxygen atoms in total. The lowest BCUT2D eigenvalue weighted by atomic mass is 9.38. The van der Waals surface area contributed by atoms with Crippen molar-refractivity contribution in [2.75, 3.05) is 0 Å². The zero-order chi connectivity index (χ0) is 33.4. The number of allylic oxidation sites excluding steroid dienone is 7. The number of rotatable bonds is 11. The molecule has 44 heavy (non-hydrogen) atoms. The van der Waals surface area contributed by atoms with Crippen LogP contribution in [0.5, 0.6) is 11.5 Å². The molecular formula is C38H50O6. The van der Waals surface area contributed by atoms with Gasteiger partial charge in [0.25, 0.3) is 0 Å². The molecule has 3 N–H and O–H groups in total. The van der Waals surface area contributed by atoms with Gasteiger partial charge in [0.05, 0.1) is 5.41 Å². The van der Waals surface area contributed by atoms with Gasteiger partial charge in [-0.05, 0) is 116 Å². The van der Waals surface area contributed by atoms with Crippen LogP contribution in [-0.2, 0) is 14.4 Å². The normalized spacial score (nSPS) is 26.1. The predicted molar refractivity (Wildman–Crippen MR) is 176 cm³/mol. The first-order valence-corrected chi connectivity index (χ1v) is 15.5. The number of ketones is 3. The van der Waals surface area contributed by atoms with Crippen molar-refractivity contribution in [2.24, 2.45) is 28.1 Å². The first-order valence-electron chi connectivity index (χ1n) is 15.5. The molecule has 0 amide bonds. The van der Waals surface area contributed by atoms with Crippen LogP contribution in [0, 0.1) is 28.1 Å². The summed E-state index contributed by atoms with van der Waals surface area (Å²) < 4.78 is 0. The van der Waals surface area contributed by atoms with Gasteiger partial charge >= 0.3 is 0 Å². The molecule has 0 unspecified atom stereocenters. The quantitative estimate of drug-likeness (QED) is 0.0583. The molecule has 0 saturated heterocycles. The van der Waals surface area contributed by atoms with Gasteiger partial charge in [0, 0.05) is 5.56 Å². The molecule has 2 aliphatic carbocycles. The fourth-order valence-electron chi connectivity index (χ4n) is 7.19. The maximum Gasteiger partial charge on any atom is 0.184 e. The van der Waals surface area contributed by atoms with Gasteiger partial charge in [-0.15, -0.1) is 6.58 Å². The molecule has 2 fully saturated rings. The molecule has 2 saturated carbocycles. The fourth-order valence-corrected chi connectivity index (χ4v) is 7.19. The summed E-state index contributed by atoms with van der Waals surface area (Å²) in [6, 6.07) is 3.64. The second-order valence-electron chi connectivity index (χ2n) is 14.3. The molecule has 1 aromatic rings. The average Bonchev–Trinajstić information content (AvgIpc) is 2.91. The number of aromatic hydroxyl groups is 2. The van der Waals surface area contributed by atoms with E-state index in [0.29, 0.717) is 19.3 Å². The Morgan fingerprint density at radius 2 is 1.57 bits per heavy atom. The Hall–Kier alpha value is -3.67. The van der Waals surface area contributed by atoms with Crippen LogP contribution in [0.1, 0.15) is 99.5 Å². The van der Waals surface area contributed by atoms with Gasteiger partial charge in [-0.25, -0.2) is 0 Å². The number of hydrogen-bond donors (Lipinski definition) is 3. The third-order valence-electron chi connectivity index (χ3n) is 10.1. The number of hydrogen-bond acceptors (Lipinski definition) is 6. The SMILES string of the molecule is C=C(C)CC[C@H](C[C@]12C[C@H](CC=C(C)C)C(C)(C)[C@](CC=C(C)C)(C(=O)/C(=C(\O)c3ccc(O)c(O)c3)C1=O)C2=O)C(=C)C. The van der Waals surface area contributed by atoms with E-state index in [4.69, 9.17) is 0 Å². The van der Waals surface area contributed by atoms with Crippen molar-refractivity contribution in [3.05, 3.63) is 76.9 Å². The number of fused-ring (bicyclic) bond motifs is 2. The lowest BCUT2D eigenvalue weighted by Crippen LogP contribution is -2.69. The number of benzene rings is 1. The summed E-state index contributed by atoms with van der Waals surface area (Å²) in [6.45, 7) is 23.8. The summed E-state index contributed by atoms with van der Waals surface area (Å²) in [6.07, 6.45) is 6.46. The highest BCUT2D eigenvalue weighted by Crippen LogP contribution is 2.66. The highest BCUT2D eigenvalue weighted by molar-refractivity contribution is 6.41. The Kier molecular flexibility index (Phi) is 10.1. The number of phenolic OH excluding ortho intramolecular Hbond substituents is 2. The minimum atomic E-state index is -1.62. The molecule has 0 heterocycles. The summed E-state index contributed by atoms with van der Waals surface area (Å²) in [4.78, 5) is 44.9. The summed E-state index contributed by atoms with van der Waals surface area (Å²) in [5, 5.41) is 31.7. The molecule has 1 aromatic carbocycles. The zero-order valence-corrected chi connectivity index (χ0v) is 27.8. The maximum atomic E-state index is 15.2. The Morgan fingerprint density at radius 1 is 0.955 bits per heavy atom. The van der Waals surface area contributed by atoms with E-state index in [1.54, 1.807) is 0 Å². The molecule has 4 atom stereocenters. The van der Waals surface area contributed by atoms with Gasteiger partial charge in [0.1, 0.15) is 16.7 Å². The van der Waals surface area contributed by atoms with Crippen molar-refractivity contribution < 1.29 is 29.7 Å². The number of aliphatic hydroxyl groups excluding tert-OH is 1. The molecule has 3 rings (SSSR count). The van der Waals surface area contributed by atoms with Crippen LogP contribution < -0.4 is 0 Å². The van der Waals surface area contributed by atoms with E-state index in [2.05, 4.69) is 19.2 Å². The number of aliphatic hydroxyl groups is 1. The minimum absolute atomic E-state index is 0.00886. The smallest absolute Gasteiger partial charge is 0.184 e. The van der Waals surface area contributed by atoms with Crippen LogP contribution in [0.15, 0.2) is 71.4 Å². The lowest BCUT2D eigenvalue weighted by molar-refractivity contribution is -0.177. The van der Waals surface area contributed by atoms with Crippen LogP contribution in [0.25, 0.3) is 5.76 Å². The Balaban J connectivity index is 2.45. The molecule has 0 radical (unpaired) electrons. The van der Waals surface area contributed by atoms with E-state index in [0.717, 1.165) is 28.4 Å². The van der Waals surface area contributed by atoms with E-state index in [-0.39, 0.29) is 42.4 Å². The second kappa shape index (κ2) is 12.7. The molecule has 2 bridgehead atoms. The third kappa shape index (κ3) is 6.00. The van der Waals surface area contributed by atoms with Gasteiger partial charge in [0.2, 0.25) is 0 Å². The van der Waals surface area contributed by atoms with E-state index in [9.17, 15) is 24.9 Å². The molecule has 0 aromatic heterocycles. The first-order chi connectivity index (χ1) is 20.3. The number of carbonyl (C=O) groups is 3. The highest BCUT2D eigenvalue weighted by Gasteiger charge is 2.74. The van der Waals surface area contributed by atoms with Gasteiger partial charge in [-0.1, -0.05) is 54.9 Å². The van der Waals surface area contributed by atoms with E-state index >= 15 is 4.79 Å². The topological polar surface area (TPSA) is 112 Å². The maximum absolute atomic E-state index is 15.2. The van der Waals surface area contributed by atoms with Crippen molar-refractivity contribution in [2.45, 2.75) is 93.9 Å². The van der Waals surface area contributed by atoms with Gasteiger partial charge in [-0.3, -0.25) is 14.4 Å². The van der Waals surface area contributed by atoms with Crippen LogP contribution in [0.3, 0.4) is 0 Å². The Labute approximate surface area is 263 Å². The van der Waals surface area contributed by atoms with Crippen LogP contribution in [0.2, 0.25) is 0 Å². The van der Waals surface area contributed by atoms with E-state index in [1.807, 2.05) is 61.5 Å². The summed E-state index contributed by atoms with van der Waals surface area (Å²) in [5.41, 5.74) is -0.587. The minimum Gasteiger partial charge on any atom is -0.506 e. The molecule has 238 valence electrons. The average molecular weight is 603 g/mol. The number of Topliss-reactive ketones (excluding diaryl/α,β-unsaturated/α-hetero) is 3. The Bertz CT molecular complexity index is 1480. The monoisotopic (exact) mass is 602 g/mol. The van der Waals surface area contributed by atoms with E-state index in [1.165, 1.54) is 12.1 Å². The van der Waals surface area contributed by atoms with Crippen LogP contribution in [-0.4, -0.2) is 32.7 Å². The van der Waals surface area contributed by atoms with E-state index < -0.39 is 50.6 Å². The second-order valence-corrected chi connectivity index (χ2v) is 14.3. The molecule has 6 heteroatoms. The standard InChI is InChI=1S/C38H50O6/c1-22(2)11-13-27(25(7)8)20-37-21-28(15-12-23(3)4)36(9,10)38(35(37)44,18-17-24(5)6)34(43)31(33(37)42)32(41)26-14-16-29(39)30(40)19-26/h12,14,16-17,19,27-28,39-41H,1,7,11,13,15,18,20-21H2,2-6,8-10H3/b32-31-/t27-,28+,37+,38-/m1/s1. The summed E-state index contributed by atoms with van der Waals surface area (Å²) in [5.74, 6) is -3.61. The summed E-state index contributed by atoms with van der Waals surface area (Å²) in [7, 11) is 0. The van der Waals surface area contributed by atoms with Crippen LogP contribution in [0.4, 0.5) is 0 Å². The van der Waals surface area contributed by atoms with Gasteiger partial charge in [-0.2, -0.15) is 0 Å². The zero-order valence-electron chi connectivity index (χ0n) is 27.8. The van der Waals surface area contributed by atoms with Gasteiger partial charge < -0.3 is 15.3 Å². The number of carbonyl (C=O) groups excluding carboxylic acids is 3. The predicted octanol–water partition coefficient (Wildman–Crippen LogP) is 8.76. The fraction of sp³-hybridized carbons (Fsp3) is 0.500. The van der Waals surface area contributed by atoms with Crippen molar-refractivity contribution in [3.63, 3.8) is 0 Å². The molecule has 0 aliphatic heterocycles. The molecule has 0 spiro atoms.